The fourth-order valence-corrected chi connectivity index (χ4v) is 2.85. The maximum Gasteiger partial charge on any atom is 0.315 e. The summed E-state index contributed by atoms with van der Waals surface area (Å²) in [6, 6.07) is 3.84. The van der Waals surface area contributed by atoms with Crippen molar-refractivity contribution in [3.8, 4) is 0 Å². The van der Waals surface area contributed by atoms with Crippen LogP contribution >= 0.6 is 27.3 Å². The largest absolute Gasteiger partial charge is 0.481 e. The summed E-state index contributed by atoms with van der Waals surface area (Å²) >= 11 is 4.90. The first-order valence-corrected chi connectivity index (χ1v) is 6.82. The van der Waals surface area contributed by atoms with Crippen molar-refractivity contribution in [2.24, 2.45) is 5.92 Å². The van der Waals surface area contributed by atoms with E-state index in [4.69, 9.17) is 5.11 Å². The van der Waals surface area contributed by atoms with Gasteiger partial charge in [-0.25, -0.2) is 0 Å². The number of thiophene rings is 1. The Labute approximate surface area is 112 Å². The van der Waals surface area contributed by atoms with Crippen LogP contribution in [-0.4, -0.2) is 28.4 Å². The van der Waals surface area contributed by atoms with Crippen LogP contribution in [0.5, 0.6) is 0 Å². The molecule has 0 aliphatic rings. The van der Waals surface area contributed by atoms with Crippen molar-refractivity contribution in [2.45, 2.75) is 20.4 Å². The minimum Gasteiger partial charge on any atom is -0.481 e. The first-order chi connectivity index (χ1) is 7.95. The number of aliphatic carboxylic acids is 1. The Morgan fingerprint density at radius 3 is 2.59 bits per heavy atom. The summed E-state index contributed by atoms with van der Waals surface area (Å²) in [6.45, 7) is 4.22. The number of amides is 1. The van der Waals surface area contributed by atoms with Gasteiger partial charge in [0.05, 0.1) is 10.3 Å². The third-order valence-corrected chi connectivity index (χ3v) is 4.02. The number of carboxylic acids is 1. The van der Waals surface area contributed by atoms with E-state index in [0.29, 0.717) is 13.1 Å². The molecule has 0 aliphatic heterocycles. The van der Waals surface area contributed by atoms with Crippen LogP contribution in [-0.2, 0) is 16.1 Å². The summed E-state index contributed by atoms with van der Waals surface area (Å²) in [5.74, 6) is -2.41. The first-order valence-electron chi connectivity index (χ1n) is 5.21. The van der Waals surface area contributed by atoms with Gasteiger partial charge in [-0.3, -0.25) is 9.59 Å². The van der Waals surface area contributed by atoms with Crippen LogP contribution in [0.25, 0.3) is 0 Å². The van der Waals surface area contributed by atoms with Crippen molar-refractivity contribution in [3.63, 3.8) is 0 Å². The number of hydrogen-bond donors (Lipinski definition) is 1. The fraction of sp³-hybridized carbons (Fsp3) is 0.455. The molecular weight excluding hydrogens is 306 g/mol. The molecule has 1 N–H and O–H groups in total. The topological polar surface area (TPSA) is 57.6 Å². The van der Waals surface area contributed by atoms with Gasteiger partial charge >= 0.3 is 5.97 Å². The van der Waals surface area contributed by atoms with Crippen molar-refractivity contribution >= 4 is 39.1 Å². The second kappa shape index (κ2) is 6.16. The molecule has 1 aromatic heterocycles. The lowest BCUT2D eigenvalue weighted by atomic mass is 10.1. The average molecular weight is 320 g/mol. The molecule has 94 valence electrons. The highest BCUT2D eigenvalue weighted by Gasteiger charge is 2.25. The smallest absolute Gasteiger partial charge is 0.315 e. The molecule has 0 radical (unpaired) electrons. The van der Waals surface area contributed by atoms with Gasteiger partial charge in [0.25, 0.3) is 0 Å². The predicted octanol–water partition coefficient (Wildman–Crippen LogP) is 2.58. The standard InChI is InChI=1S/C11H14BrNO3S/c1-3-13(10(14)7(2)11(15)16)6-8-4-5-9(12)17-8/h4-5,7H,3,6H2,1-2H3,(H,15,16). The molecule has 0 saturated carbocycles. The van der Waals surface area contributed by atoms with Crippen LogP contribution in [0.4, 0.5) is 0 Å². The number of rotatable bonds is 5. The van der Waals surface area contributed by atoms with Crippen LogP contribution in [0.2, 0.25) is 0 Å². The quantitative estimate of drug-likeness (QED) is 0.849. The first kappa shape index (κ1) is 14.2. The molecule has 0 bridgehead atoms. The lowest BCUT2D eigenvalue weighted by Crippen LogP contribution is -2.37. The van der Waals surface area contributed by atoms with E-state index in [-0.39, 0.29) is 5.91 Å². The second-order valence-electron chi connectivity index (χ2n) is 3.62. The fourth-order valence-electron chi connectivity index (χ4n) is 1.35. The predicted molar refractivity (Wildman–Crippen MR) is 69.9 cm³/mol. The Kier molecular flexibility index (Phi) is 5.14. The third-order valence-electron chi connectivity index (χ3n) is 2.41. The summed E-state index contributed by atoms with van der Waals surface area (Å²) in [7, 11) is 0. The number of nitrogens with zero attached hydrogens (tertiary/aromatic N) is 1. The average Bonchev–Trinajstić information content (AvgIpc) is 2.69. The van der Waals surface area contributed by atoms with E-state index in [1.165, 1.54) is 6.92 Å². The summed E-state index contributed by atoms with van der Waals surface area (Å²) in [6.07, 6.45) is 0. The zero-order valence-electron chi connectivity index (χ0n) is 9.64. The molecule has 0 saturated heterocycles. The van der Waals surface area contributed by atoms with Gasteiger partial charge in [0, 0.05) is 11.4 Å². The Morgan fingerprint density at radius 2 is 2.18 bits per heavy atom. The van der Waals surface area contributed by atoms with E-state index >= 15 is 0 Å². The molecule has 6 heteroatoms. The van der Waals surface area contributed by atoms with Gasteiger partial charge in [0.1, 0.15) is 5.92 Å². The number of halogens is 1. The molecular formula is C11H14BrNO3S. The molecule has 0 spiro atoms. The molecule has 0 aromatic carbocycles. The van der Waals surface area contributed by atoms with E-state index in [1.54, 1.807) is 16.2 Å². The lowest BCUT2D eigenvalue weighted by molar-refractivity contribution is -0.150. The SMILES string of the molecule is CCN(Cc1ccc(Br)s1)C(=O)C(C)C(=O)O. The van der Waals surface area contributed by atoms with Crippen molar-refractivity contribution < 1.29 is 14.7 Å². The maximum absolute atomic E-state index is 11.9. The molecule has 1 rings (SSSR count). The molecule has 1 amide bonds. The molecule has 0 fully saturated rings. The lowest BCUT2D eigenvalue weighted by Gasteiger charge is -2.22. The van der Waals surface area contributed by atoms with Gasteiger partial charge in [-0.05, 0) is 41.9 Å². The summed E-state index contributed by atoms with van der Waals surface area (Å²) in [4.78, 5) is 25.2. The minimum atomic E-state index is -1.08. The van der Waals surface area contributed by atoms with Gasteiger partial charge in [-0.15, -0.1) is 11.3 Å². The third kappa shape index (κ3) is 3.81. The Hall–Kier alpha value is -0.880. The number of carbonyl (C=O) groups excluding carboxylic acids is 1. The second-order valence-corrected chi connectivity index (χ2v) is 6.17. The number of hydrogen-bond acceptors (Lipinski definition) is 3. The van der Waals surface area contributed by atoms with E-state index in [1.807, 2.05) is 19.1 Å². The number of carbonyl (C=O) groups is 2. The molecule has 17 heavy (non-hydrogen) atoms. The van der Waals surface area contributed by atoms with Crippen molar-refractivity contribution in [2.75, 3.05) is 6.54 Å². The summed E-state index contributed by atoms with van der Waals surface area (Å²) < 4.78 is 1.00. The molecule has 1 unspecified atom stereocenters. The zero-order chi connectivity index (χ0) is 13.0. The van der Waals surface area contributed by atoms with Gasteiger partial charge in [0.2, 0.25) is 5.91 Å². The Balaban J connectivity index is 2.72. The number of carboxylic acid groups (broad SMARTS) is 1. The minimum absolute atomic E-state index is 0.343. The highest BCUT2D eigenvalue weighted by Crippen LogP contribution is 2.23. The van der Waals surface area contributed by atoms with Crippen LogP contribution in [0, 0.1) is 5.92 Å². The Bertz CT molecular complexity index is 419. The van der Waals surface area contributed by atoms with Crippen molar-refractivity contribution in [1.29, 1.82) is 0 Å². The maximum atomic E-state index is 11.9. The van der Waals surface area contributed by atoms with Crippen LogP contribution < -0.4 is 0 Å². The molecule has 1 heterocycles. The van der Waals surface area contributed by atoms with Gasteiger partial charge in [0.15, 0.2) is 0 Å². The Morgan fingerprint density at radius 1 is 1.53 bits per heavy atom. The molecule has 1 aromatic rings. The van der Waals surface area contributed by atoms with Crippen LogP contribution in [0.3, 0.4) is 0 Å². The summed E-state index contributed by atoms with van der Waals surface area (Å²) in [5.41, 5.74) is 0. The van der Waals surface area contributed by atoms with E-state index in [0.717, 1.165) is 8.66 Å². The van der Waals surface area contributed by atoms with Gasteiger partial charge in [-0.1, -0.05) is 0 Å². The normalized spacial score (nSPS) is 12.2. The van der Waals surface area contributed by atoms with Crippen molar-refractivity contribution in [1.82, 2.24) is 4.90 Å². The zero-order valence-corrected chi connectivity index (χ0v) is 12.0. The van der Waals surface area contributed by atoms with Gasteiger partial charge < -0.3 is 10.0 Å². The highest BCUT2D eigenvalue weighted by atomic mass is 79.9. The van der Waals surface area contributed by atoms with E-state index < -0.39 is 11.9 Å². The van der Waals surface area contributed by atoms with E-state index in [2.05, 4.69) is 15.9 Å². The summed E-state index contributed by atoms with van der Waals surface area (Å²) in [5, 5.41) is 8.81. The van der Waals surface area contributed by atoms with Crippen LogP contribution in [0.1, 0.15) is 18.7 Å². The van der Waals surface area contributed by atoms with Crippen molar-refractivity contribution in [3.05, 3.63) is 20.8 Å². The monoisotopic (exact) mass is 319 g/mol. The van der Waals surface area contributed by atoms with Gasteiger partial charge in [-0.2, -0.15) is 0 Å². The van der Waals surface area contributed by atoms with Crippen LogP contribution in [0.15, 0.2) is 15.9 Å². The molecule has 4 nitrogen and oxygen atoms in total. The molecule has 0 aliphatic carbocycles. The highest BCUT2D eigenvalue weighted by molar-refractivity contribution is 9.11. The molecule has 1 atom stereocenters. The van der Waals surface area contributed by atoms with E-state index in [9.17, 15) is 9.59 Å².